The van der Waals surface area contributed by atoms with E-state index in [9.17, 15) is 4.79 Å². The SMILES string of the molecule is CCOc1ccc(C(=O)c2oc3cc(OC)ccc3c2OCCCN(C)C)cc1. The molecular formula is C23H27NO5. The highest BCUT2D eigenvalue weighted by atomic mass is 16.5. The second kappa shape index (κ2) is 9.47. The van der Waals surface area contributed by atoms with Crippen molar-refractivity contribution in [1.82, 2.24) is 4.90 Å². The van der Waals surface area contributed by atoms with Crippen molar-refractivity contribution in [2.45, 2.75) is 13.3 Å². The average Bonchev–Trinajstić information content (AvgIpc) is 3.09. The molecule has 1 heterocycles. The highest BCUT2D eigenvalue weighted by molar-refractivity contribution is 6.12. The van der Waals surface area contributed by atoms with Crippen molar-refractivity contribution in [2.24, 2.45) is 0 Å². The molecule has 0 aliphatic rings. The van der Waals surface area contributed by atoms with Gasteiger partial charge in [0.25, 0.3) is 0 Å². The van der Waals surface area contributed by atoms with Crippen LogP contribution in [0.3, 0.4) is 0 Å². The standard InChI is InChI=1S/C23H27NO5/c1-5-27-17-9-7-16(8-10-17)21(25)23-22(28-14-6-13-24(2)3)19-12-11-18(26-4)15-20(19)29-23/h7-12,15H,5-6,13-14H2,1-4H3. The van der Waals surface area contributed by atoms with Crippen LogP contribution in [0.5, 0.6) is 17.2 Å². The summed E-state index contributed by atoms with van der Waals surface area (Å²) in [5.74, 6) is 1.82. The van der Waals surface area contributed by atoms with E-state index in [-0.39, 0.29) is 11.5 Å². The molecule has 0 saturated heterocycles. The van der Waals surface area contributed by atoms with E-state index in [0.717, 1.165) is 24.1 Å². The highest BCUT2D eigenvalue weighted by Crippen LogP contribution is 2.36. The summed E-state index contributed by atoms with van der Waals surface area (Å²) in [6.07, 6.45) is 0.840. The minimum Gasteiger partial charge on any atom is -0.497 e. The van der Waals surface area contributed by atoms with Crippen molar-refractivity contribution < 1.29 is 23.4 Å². The molecule has 0 atom stereocenters. The van der Waals surface area contributed by atoms with Crippen LogP contribution in [0.15, 0.2) is 46.9 Å². The molecule has 0 bridgehead atoms. The Bertz CT molecular complexity index is 959. The van der Waals surface area contributed by atoms with Crippen LogP contribution in [-0.2, 0) is 0 Å². The van der Waals surface area contributed by atoms with Gasteiger partial charge in [-0.2, -0.15) is 0 Å². The Morgan fingerprint density at radius 2 is 1.76 bits per heavy atom. The smallest absolute Gasteiger partial charge is 0.232 e. The van der Waals surface area contributed by atoms with Crippen molar-refractivity contribution in [3.05, 3.63) is 53.8 Å². The molecule has 6 heteroatoms. The van der Waals surface area contributed by atoms with Crippen molar-refractivity contribution in [1.29, 1.82) is 0 Å². The second-order valence-corrected chi connectivity index (χ2v) is 6.91. The van der Waals surface area contributed by atoms with Gasteiger partial charge in [-0.3, -0.25) is 4.79 Å². The molecule has 3 aromatic rings. The summed E-state index contributed by atoms with van der Waals surface area (Å²) in [5.41, 5.74) is 1.07. The van der Waals surface area contributed by atoms with Gasteiger partial charge in [-0.05, 0) is 63.8 Å². The molecule has 0 spiro atoms. The van der Waals surface area contributed by atoms with Crippen LogP contribution in [0.1, 0.15) is 29.5 Å². The maximum absolute atomic E-state index is 13.1. The van der Waals surface area contributed by atoms with E-state index in [1.807, 2.05) is 33.2 Å². The zero-order chi connectivity index (χ0) is 20.8. The Kier molecular flexibility index (Phi) is 6.77. The number of rotatable bonds is 10. The van der Waals surface area contributed by atoms with E-state index in [1.165, 1.54) is 0 Å². The van der Waals surface area contributed by atoms with Crippen molar-refractivity contribution >= 4 is 16.8 Å². The monoisotopic (exact) mass is 397 g/mol. The topological polar surface area (TPSA) is 61.1 Å². The van der Waals surface area contributed by atoms with Crippen LogP contribution in [0, 0.1) is 0 Å². The molecule has 0 unspecified atom stereocenters. The Labute approximate surface area is 171 Å². The molecular weight excluding hydrogens is 370 g/mol. The third-order valence-electron chi connectivity index (χ3n) is 4.48. The van der Waals surface area contributed by atoms with Crippen molar-refractivity contribution in [3.63, 3.8) is 0 Å². The van der Waals surface area contributed by atoms with E-state index in [2.05, 4.69) is 4.90 Å². The van der Waals surface area contributed by atoms with Gasteiger partial charge in [-0.15, -0.1) is 0 Å². The van der Waals surface area contributed by atoms with Gasteiger partial charge in [-0.25, -0.2) is 0 Å². The van der Waals surface area contributed by atoms with Crippen LogP contribution >= 0.6 is 0 Å². The van der Waals surface area contributed by atoms with Crippen LogP contribution in [0.2, 0.25) is 0 Å². The Morgan fingerprint density at radius 3 is 2.41 bits per heavy atom. The first-order valence-electron chi connectivity index (χ1n) is 9.69. The molecule has 0 fully saturated rings. The lowest BCUT2D eigenvalue weighted by Gasteiger charge is -2.10. The molecule has 0 N–H and O–H groups in total. The van der Waals surface area contributed by atoms with Gasteiger partial charge in [0.15, 0.2) is 5.75 Å². The molecule has 29 heavy (non-hydrogen) atoms. The summed E-state index contributed by atoms with van der Waals surface area (Å²) >= 11 is 0. The van der Waals surface area contributed by atoms with Gasteiger partial charge in [-0.1, -0.05) is 0 Å². The summed E-state index contributed by atoms with van der Waals surface area (Å²) < 4.78 is 22.7. The number of carbonyl (C=O) groups excluding carboxylic acids is 1. The predicted molar refractivity (Wildman–Crippen MR) is 112 cm³/mol. The molecule has 2 aromatic carbocycles. The number of furan rings is 1. The lowest BCUT2D eigenvalue weighted by Crippen LogP contribution is -2.16. The normalized spacial score (nSPS) is 11.1. The minimum absolute atomic E-state index is 0.197. The zero-order valence-electron chi connectivity index (χ0n) is 17.4. The number of ether oxygens (including phenoxy) is 3. The highest BCUT2D eigenvalue weighted by Gasteiger charge is 2.24. The number of ketones is 1. The number of hydrogen-bond donors (Lipinski definition) is 0. The van der Waals surface area contributed by atoms with Gasteiger partial charge in [0.05, 0.1) is 25.7 Å². The van der Waals surface area contributed by atoms with Crippen LogP contribution in [0.25, 0.3) is 11.0 Å². The molecule has 0 saturated carbocycles. The fraction of sp³-hybridized carbons (Fsp3) is 0.348. The van der Waals surface area contributed by atoms with Crippen LogP contribution in [-0.4, -0.2) is 51.6 Å². The fourth-order valence-corrected chi connectivity index (χ4v) is 3.03. The Hall–Kier alpha value is -2.99. The molecule has 6 nitrogen and oxygen atoms in total. The van der Waals surface area contributed by atoms with Gasteiger partial charge < -0.3 is 23.5 Å². The van der Waals surface area contributed by atoms with E-state index in [4.69, 9.17) is 18.6 Å². The number of nitrogens with zero attached hydrogens (tertiary/aromatic N) is 1. The minimum atomic E-state index is -0.231. The number of fused-ring (bicyclic) bond motifs is 1. The third kappa shape index (κ3) is 4.90. The number of carbonyl (C=O) groups is 1. The maximum Gasteiger partial charge on any atom is 0.232 e. The van der Waals surface area contributed by atoms with E-state index in [1.54, 1.807) is 37.4 Å². The molecule has 3 rings (SSSR count). The first kappa shape index (κ1) is 20.7. The van der Waals surface area contributed by atoms with Crippen molar-refractivity contribution in [2.75, 3.05) is 41.0 Å². The van der Waals surface area contributed by atoms with Gasteiger partial charge in [0.1, 0.15) is 17.1 Å². The predicted octanol–water partition coefficient (Wildman–Crippen LogP) is 4.40. The lowest BCUT2D eigenvalue weighted by molar-refractivity contribution is 0.101. The first-order chi connectivity index (χ1) is 14.0. The quantitative estimate of drug-likeness (QED) is 0.373. The van der Waals surface area contributed by atoms with Crippen LogP contribution < -0.4 is 14.2 Å². The zero-order valence-corrected chi connectivity index (χ0v) is 17.4. The van der Waals surface area contributed by atoms with Gasteiger partial charge >= 0.3 is 0 Å². The summed E-state index contributed by atoms with van der Waals surface area (Å²) in [7, 11) is 5.62. The number of hydrogen-bond acceptors (Lipinski definition) is 6. The Balaban J connectivity index is 1.93. The molecule has 0 radical (unpaired) electrons. The van der Waals surface area contributed by atoms with Crippen molar-refractivity contribution in [3.8, 4) is 17.2 Å². The summed E-state index contributed by atoms with van der Waals surface area (Å²) in [6.45, 7) is 3.87. The van der Waals surface area contributed by atoms with E-state index >= 15 is 0 Å². The third-order valence-corrected chi connectivity index (χ3v) is 4.48. The summed E-state index contributed by atoms with van der Waals surface area (Å²) in [6, 6.07) is 12.5. The van der Waals surface area contributed by atoms with E-state index in [0.29, 0.717) is 35.9 Å². The second-order valence-electron chi connectivity index (χ2n) is 6.91. The van der Waals surface area contributed by atoms with E-state index < -0.39 is 0 Å². The Morgan fingerprint density at radius 1 is 1.03 bits per heavy atom. The molecule has 154 valence electrons. The number of methoxy groups -OCH3 is 1. The van der Waals surface area contributed by atoms with Crippen LogP contribution in [0.4, 0.5) is 0 Å². The summed E-state index contributed by atoms with van der Waals surface area (Å²) in [5, 5.41) is 0.755. The average molecular weight is 397 g/mol. The van der Waals surface area contributed by atoms with Gasteiger partial charge in [0, 0.05) is 18.2 Å². The largest absolute Gasteiger partial charge is 0.497 e. The van der Waals surface area contributed by atoms with Gasteiger partial charge in [0.2, 0.25) is 11.5 Å². The fourth-order valence-electron chi connectivity index (χ4n) is 3.03. The molecule has 0 aliphatic carbocycles. The maximum atomic E-state index is 13.1. The molecule has 0 aliphatic heterocycles. The lowest BCUT2D eigenvalue weighted by atomic mass is 10.1. The molecule has 0 amide bonds. The first-order valence-corrected chi connectivity index (χ1v) is 9.69. The molecule has 1 aromatic heterocycles. The summed E-state index contributed by atoms with van der Waals surface area (Å²) in [4.78, 5) is 15.2. The number of benzene rings is 2.